The van der Waals surface area contributed by atoms with Gasteiger partial charge in [0, 0.05) is 12.7 Å². The zero-order valence-corrected chi connectivity index (χ0v) is 16.3. The van der Waals surface area contributed by atoms with Crippen molar-refractivity contribution in [2.75, 3.05) is 24.4 Å². The number of amides is 2. The summed E-state index contributed by atoms with van der Waals surface area (Å²) in [6.45, 7) is 0. The van der Waals surface area contributed by atoms with Gasteiger partial charge in [0.25, 0.3) is 11.8 Å². The van der Waals surface area contributed by atoms with E-state index < -0.39 is 0 Å². The molecule has 1 N–H and O–H groups in total. The monoisotopic (exact) mass is 428 g/mol. The van der Waals surface area contributed by atoms with Crippen molar-refractivity contribution in [1.82, 2.24) is 0 Å². The van der Waals surface area contributed by atoms with Crippen molar-refractivity contribution in [2.45, 2.75) is 0 Å². The third-order valence-electron chi connectivity index (χ3n) is 3.95. The second-order valence-electron chi connectivity index (χ2n) is 5.67. The zero-order chi connectivity index (χ0) is 19.4. The van der Waals surface area contributed by atoms with E-state index in [1.807, 2.05) is 0 Å². The first-order chi connectivity index (χ1) is 13.0. The Morgan fingerprint density at radius 2 is 1.74 bits per heavy atom. The van der Waals surface area contributed by atoms with Crippen LogP contribution in [0.5, 0.6) is 5.75 Å². The van der Waals surface area contributed by atoms with Crippen LogP contribution >= 0.6 is 15.9 Å². The van der Waals surface area contributed by atoms with Gasteiger partial charge >= 0.3 is 0 Å². The van der Waals surface area contributed by atoms with Crippen LogP contribution in [0.25, 0.3) is 0 Å². The van der Waals surface area contributed by atoms with Gasteiger partial charge in [-0.3, -0.25) is 9.59 Å². The van der Waals surface area contributed by atoms with Crippen LogP contribution in [0, 0.1) is 0 Å². The van der Waals surface area contributed by atoms with Crippen LogP contribution in [0.1, 0.15) is 20.9 Å². The number of nitrogens with one attached hydrogen (secondary N) is 1. The van der Waals surface area contributed by atoms with E-state index in [2.05, 4.69) is 21.2 Å². The number of para-hydroxylation sites is 1. The molecule has 1 aromatic heterocycles. The Morgan fingerprint density at radius 3 is 2.37 bits per heavy atom. The van der Waals surface area contributed by atoms with E-state index >= 15 is 0 Å². The predicted octanol–water partition coefficient (Wildman–Crippen LogP) is 4.58. The minimum absolute atomic E-state index is 0.176. The summed E-state index contributed by atoms with van der Waals surface area (Å²) in [7, 11) is 3.17. The van der Waals surface area contributed by atoms with Crippen LogP contribution in [-0.4, -0.2) is 26.0 Å². The van der Waals surface area contributed by atoms with E-state index in [4.69, 9.17) is 9.15 Å². The minimum atomic E-state index is -0.356. The van der Waals surface area contributed by atoms with Gasteiger partial charge in [0.15, 0.2) is 10.4 Å². The minimum Gasteiger partial charge on any atom is -0.497 e. The van der Waals surface area contributed by atoms with Gasteiger partial charge in [-0.15, -0.1) is 0 Å². The highest BCUT2D eigenvalue weighted by Crippen LogP contribution is 2.24. The first-order valence-corrected chi connectivity index (χ1v) is 8.86. The van der Waals surface area contributed by atoms with Crippen molar-refractivity contribution in [3.63, 3.8) is 0 Å². The van der Waals surface area contributed by atoms with Gasteiger partial charge < -0.3 is 19.4 Å². The van der Waals surface area contributed by atoms with E-state index in [-0.39, 0.29) is 17.6 Å². The first-order valence-electron chi connectivity index (χ1n) is 8.07. The SMILES string of the molecule is COc1ccc(NC(=O)c2ccccc2N(C)C(=O)c2ccc(Br)o2)cc1. The maximum atomic E-state index is 12.7. The number of furan rings is 1. The molecule has 3 rings (SSSR count). The Hall–Kier alpha value is -3.06. The molecule has 0 aliphatic rings. The normalized spacial score (nSPS) is 10.3. The maximum absolute atomic E-state index is 12.7. The Bertz CT molecular complexity index is 966. The van der Waals surface area contributed by atoms with Gasteiger partial charge in [-0.2, -0.15) is 0 Å². The number of rotatable bonds is 5. The van der Waals surface area contributed by atoms with Crippen LogP contribution in [0.3, 0.4) is 0 Å². The molecular weight excluding hydrogens is 412 g/mol. The molecule has 0 aliphatic carbocycles. The molecule has 2 aromatic carbocycles. The van der Waals surface area contributed by atoms with Crippen molar-refractivity contribution >= 4 is 39.1 Å². The Kier molecular flexibility index (Phi) is 5.61. The quantitative estimate of drug-likeness (QED) is 0.645. The summed E-state index contributed by atoms with van der Waals surface area (Å²) in [4.78, 5) is 26.8. The summed E-state index contributed by atoms with van der Waals surface area (Å²) >= 11 is 3.18. The molecule has 27 heavy (non-hydrogen) atoms. The number of hydrogen-bond donors (Lipinski definition) is 1. The summed E-state index contributed by atoms with van der Waals surface area (Å²) in [5.74, 6) is 0.194. The van der Waals surface area contributed by atoms with Gasteiger partial charge in [0.2, 0.25) is 0 Å². The molecule has 0 unspecified atom stereocenters. The summed E-state index contributed by atoms with van der Waals surface area (Å²) in [5.41, 5.74) is 1.47. The fourth-order valence-corrected chi connectivity index (χ4v) is 2.84. The third kappa shape index (κ3) is 4.20. The molecule has 0 saturated carbocycles. The average molecular weight is 429 g/mol. The third-order valence-corrected chi connectivity index (χ3v) is 4.37. The largest absolute Gasteiger partial charge is 0.497 e. The summed E-state index contributed by atoms with van der Waals surface area (Å²) < 4.78 is 10.9. The van der Waals surface area contributed by atoms with Crippen molar-refractivity contribution in [3.05, 3.63) is 76.7 Å². The molecule has 2 amide bonds. The van der Waals surface area contributed by atoms with E-state index in [0.29, 0.717) is 27.4 Å². The van der Waals surface area contributed by atoms with E-state index in [0.717, 1.165) is 0 Å². The molecule has 0 fully saturated rings. The van der Waals surface area contributed by atoms with Crippen LogP contribution in [0.2, 0.25) is 0 Å². The van der Waals surface area contributed by atoms with Gasteiger partial charge in [-0.05, 0) is 64.5 Å². The van der Waals surface area contributed by atoms with Gasteiger partial charge in [0.05, 0.1) is 18.4 Å². The lowest BCUT2D eigenvalue weighted by molar-refractivity contribution is 0.0965. The van der Waals surface area contributed by atoms with Crippen molar-refractivity contribution < 1.29 is 18.7 Å². The standard InChI is InChI=1S/C20H17BrN2O4/c1-23(20(25)17-11-12-18(21)27-17)16-6-4-3-5-15(16)19(24)22-13-7-9-14(26-2)10-8-13/h3-12H,1-2H3,(H,22,24). The average Bonchev–Trinajstić information content (AvgIpc) is 3.13. The van der Waals surface area contributed by atoms with Crippen molar-refractivity contribution in [3.8, 4) is 5.75 Å². The summed E-state index contributed by atoms with van der Waals surface area (Å²) in [6.07, 6.45) is 0. The highest BCUT2D eigenvalue weighted by Gasteiger charge is 2.21. The van der Waals surface area contributed by atoms with Crippen LogP contribution in [0.4, 0.5) is 11.4 Å². The lowest BCUT2D eigenvalue weighted by Gasteiger charge is -2.19. The van der Waals surface area contributed by atoms with Crippen LogP contribution in [-0.2, 0) is 0 Å². The molecular formula is C20H17BrN2O4. The molecule has 138 valence electrons. The fourth-order valence-electron chi connectivity index (χ4n) is 2.53. The lowest BCUT2D eigenvalue weighted by atomic mass is 10.1. The number of halogens is 1. The number of ether oxygens (including phenoxy) is 1. The predicted molar refractivity (Wildman–Crippen MR) is 107 cm³/mol. The Balaban J connectivity index is 1.84. The van der Waals surface area contributed by atoms with Crippen LogP contribution < -0.4 is 15.0 Å². The zero-order valence-electron chi connectivity index (χ0n) is 14.7. The molecule has 0 saturated heterocycles. The second-order valence-corrected chi connectivity index (χ2v) is 6.45. The number of hydrogen-bond acceptors (Lipinski definition) is 4. The summed E-state index contributed by atoms with van der Waals surface area (Å²) in [6, 6.07) is 17.1. The van der Waals surface area contributed by atoms with Crippen LogP contribution in [0.15, 0.2) is 69.8 Å². The Morgan fingerprint density at radius 1 is 1.04 bits per heavy atom. The number of benzene rings is 2. The first kappa shape index (κ1) is 18.7. The number of carbonyl (C=O) groups is 2. The van der Waals surface area contributed by atoms with Gasteiger partial charge in [0.1, 0.15) is 5.75 Å². The molecule has 6 nitrogen and oxygen atoms in total. The van der Waals surface area contributed by atoms with Gasteiger partial charge in [-0.25, -0.2) is 0 Å². The van der Waals surface area contributed by atoms with E-state index in [1.165, 1.54) is 4.90 Å². The van der Waals surface area contributed by atoms with E-state index in [9.17, 15) is 9.59 Å². The topological polar surface area (TPSA) is 71.8 Å². The fraction of sp³-hybridized carbons (Fsp3) is 0.100. The molecule has 7 heteroatoms. The highest BCUT2D eigenvalue weighted by molar-refractivity contribution is 9.10. The molecule has 0 radical (unpaired) electrons. The van der Waals surface area contributed by atoms with Crippen molar-refractivity contribution in [2.24, 2.45) is 0 Å². The molecule has 0 bridgehead atoms. The molecule has 0 atom stereocenters. The Labute approximate surface area is 164 Å². The lowest BCUT2D eigenvalue weighted by Crippen LogP contribution is -2.28. The highest BCUT2D eigenvalue weighted by atomic mass is 79.9. The summed E-state index contributed by atoms with van der Waals surface area (Å²) in [5, 5.41) is 2.82. The maximum Gasteiger partial charge on any atom is 0.293 e. The number of methoxy groups -OCH3 is 1. The number of nitrogens with zero attached hydrogens (tertiary/aromatic N) is 1. The second kappa shape index (κ2) is 8.09. The molecule has 0 spiro atoms. The van der Waals surface area contributed by atoms with Crippen molar-refractivity contribution in [1.29, 1.82) is 0 Å². The van der Waals surface area contributed by atoms with Gasteiger partial charge in [-0.1, -0.05) is 12.1 Å². The molecule has 0 aliphatic heterocycles. The number of carbonyl (C=O) groups excluding carboxylic acids is 2. The number of anilines is 2. The smallest absolute Gasteiger partial charge is 0.293 e. The molecule has 3 aromatic rings. The molecule has 1 heterocycles. The van der Waals surface area contributed by atoms with E-state index in [1.54, 1.807) is 74.8 Å².